The highest BCUT2D eigenvalue weighted by Crippen LogP contribution is 2.36. The van der Waals surface area contributed by atoms with Crippen LogP contribution in [0.5, 0.6) is 0 Å². The van der Waals surface area contributed by atoms with Crippen LogP contribution >= 0.6 is 0 Å². The molecule has 2 fully saturated rings. The lowest BCUT2D eigenvalue weighted by Gasteiger charge is -2.26. The number of hydrogen-bond donors (Lipinski definition) is 1. The summed E-state index contributed by atoms with van der Waals surface area (Å²) in [6, 6.07) is 6.48. The molecule has 0 aliphatic carbocycles. The first-order chi connectivity index (χ1) is 11.6. The molecule has 24 heavy (non-hydrogen) atoms. The summed E-state index contributed by atoms with van der Waals surface area (Å²) in [4.78, 5) is 29.7. The van der Waals surface area contributed by atoms with E-state index in [0.717, 1.165) is 42.9 Å². The number of amides is 2. The number of nitrogens with one attached hydrogen (secondary N) is 1. The smallest absolute Gasteiger partial charge is 0.232 e. The van der Waals surface area contributed by atoms with Crippen molar-refractivity contribution in [3.8, 4) is 0 Å². The number of carbonyl (C=O) groups excluding carboxylic acids is 2. The minimum absolute atomic E-state index is 0.0405. The van der Waals surface area contributed by atoms with Gasteiger partial charge in [0.05, 0.1) is 5.92 Å². The highest BCUT2D eigenvalue weighted by molar-refractivity contribution is 6.05. The Morgan fingerprint density at radius 3 is 2.96 bits per heavy atom. The lowest BCUT2D eigenvalue weighted by atomic mass is 9.95. The molecule has 3 heterocycles. The van der Waals surface area contributed by atoms with Gasteiger partial charge in [0.2, 0.25) is 11.8 Å². The first kappa shape index (κ1) is 15.6. The monoisotopic (exact) mass is 327 g/mol. The molecule has 0 radical (unpaired) electrons. The van der Waals surface area contributed by atoms with Gasteiger partial charge in [0.25, 0.3) is 0 Å². The zero-order chi connectivity index (χ0) is 16.7. The molecule has 1 aromatic rings. The normalized spacial score (nSPS) is 26.7. The maximum atomic E-state index is 12.9. The number of carbonyl (C=O) groups is 2. The molecule has 128 valence electrons. The van der Waals surface area contributed by atoms with Crippen LogP contribution in [0.3, 0.4) is 0 Å². The lowest BCUT2D eigenvalue weighted by Crippen LogP contribution is -2.40. The summed E-state index contributed by atoms with van der Waals surface area (Å²) < 4.78 is 0. The summed E-state index contributed by atoms with van der Waals surface area (Å²) in [5.74, 6) is -0.255. The quantitative estimate of drug-likeness (QED) is 0.905. The minimum Gasteiger partial charge on any atom is -0.341 e. The molecule has 2 amide bonds. The number of nitrogens with zero attached hydrogens (tertiary/aromatic N) is 2. The largest absolute Gasteiger partial charge is 0.341 e. The molecule has 3 aliphatic heterocycles. The summed E-state index contributed by atoms with van der Waals surface area (Å²) >= 11 is 0. The summed E-state index contributed by atoms with van der Waals surface area (Å²) in [7, 11) is 0. The van der Waals surface area contributed by atoms with Crippen molar-refractivity contribution in [3.05, 3.63) is 29.3 Å². The zero-order valence-electron chi connectivity index (χ0n) is 14.3. The van der Waals surface area contributed by atoms with E-state index < -0.39 is 0 Å². The van der Waals surface area contributed by atoms with Gasteiger partial charge in [-0.25, -0.2) is 0 Å². The number of hydrogen-bond acceptors (Lipinski definition) is 3. The molecule has 2 unspecified atom stereocenters. The van der Waals surface area contributed by atoms with Crippen molar-refractivity contribution in [1.29, 1.82) is 0 Å². The second kappa shape index (κ2) is 6.20. The molecular weight excluding hydrogens is 302 g/mol. The van der Waals surface area contributed by atoms with E-state index in [2.05, 4.69) is 10.2 Å². The zero-order valence-corrected chi connectivity index (χ0v) is 14.3. The van der Waals surface area contributed by atoms with E-state index in [-0.39, 0.29) is 24.2 Å². The average Bonchev–Trinajstić information content (AvgIpc) is 3.05. The number of anilines is 1. The maximum absolute atomic E-state index is 12.9. The molecule has 0 bridgehead atoms. The summed E-state index contributed by atoms with van der Waals surface area (Å²) in [6.07, 6.45) is 3.75. The van der Waals surface area contributed by atoms with Crippen LogP contribution in [-0.4, -0.2) is 53.8 Å². The van der Waals surface area contributed by atoms with E-state index in [0.29, 0.717) is 6.04 Å². The highest BCUT2D eigenvalue weighted by atomic mass is 16.2. The van der Waals surface area contributed by atoms with Crippen molar-refractivity contribution < 1.29 is 9.59 Å². The van der Waals surface area contributed by atoms with Crippen LogP contribution < -0.4 is 5.32 Å². The standard InChI is InChI=1S/C19H25N3O2/c1-13-5-6-17-15(10-13)16(19(24)20-17)11-18(23)22-9-3-8-21-7-2-4-14(21)12-22/h5-6,10,14,16H,2-4,7-9,11-12H2,1H3,(H,20,24). The second-order valence-electron chi connectivity index (χ2n) is 7.36. The molecule has 0 spiro atoms. The summed E-state index contributed by atoms with van der Waals surface area (Å²) in [5, 5.41) is 2.91. The Kier molecular flexibility index (Phi) is 4.04. The second-order valence-corrected chi connectivity index (χ2v) is 7.36. The molecule has 0 aromatic heterocycles. The molecular formula is C19H25N3O2. The predicted octanol–water partition coefficient (Wildman–Crippen LogP) is 2.12. The van der Waals surface area contributed by atoms with Crippen LogP contribution in [0.4, 0.5) is 5.69 Å². The van der Waals surface area contributed by atoms with Gasteiger partial charge in [0.15, 0.2) is 0 Å². The van der Waals surface area contributed by atoms with Crippen LogP contribution in [-0.2, 0) is 9.59 Å². The molecule has 3 aliphatic rings. The van der Waals surface area contributed by atoms with E-state index in [9.17, 15) is 9.59 Å². The third-order valence-electron chi connectivity index (χ3n) is 5.69. The molecule has 2 saturated heterocycles. The Hall–Kier alpha value is -1.88. The number of aryl methyl sites for hydroxylation is 1. The van der Waals surface area contributed by atoms with E-state index in [1.54, 1.807) is 0 Å². The van der Waals surface area contributed by atoms with Gasteiger partial charge in [-0.1, -0.05) is 17.7 Å². The Labute approximate surface area is 143 Å². The predicted molar refractivity (Wildman–Crippen MR) is 93.0 cm³/mol. The molecule has 5 heteroatoms. The van der Waals surface area contributed by atoms with E-state index >= 15 is 0 Å². The molecule has 2 atom stereocenters. The Bertz CT molecular complexity index is 673. The Morgan fingerprint density at radius 2 is 2.08 bits per heavy atom. The molecule has 0 saturated carbocycles. The molecule has 4 rings (SSSR count). The summed E-state index contributed by atoms with van der Waals surface area (Å²) in [5.41, 5.74) is 2.96. The fourth-order valence-corrected chi connectivity index (χ4v) is 4.38. The molecule has 1 N–H and O–H groups in total. The van der Waals surface area contributed by atoms with Crippen LogP contribution in [0.25, 0.3) is 0 Å². The van der Waals surface area contributed by atoms with Crippen molar-refractivity contribution in [3.63, 3.8) is 0 Å². The van der Waals surface area contributed by atoms with Crippen molar-refractivity contribution in [2.24, 2.45) is 0 Å². The first-order valence-electron chi connectivity index (χ1n) is 9.05. The van der Waals surface area contributed by atoms with Gasteiger partial charge in [-0.2, -0.15) is 0 Å². The van der Waals surface area contributed by atoms with Crippen molar-refractivity contribution in [1.82, 2.24) is 9.80 Å². The fraction of sp³-hybridized carbons (Fsp3) is 0.579. The van der Waals surface area contributed by atoms with Gasteiger partial charge in [-0.05, 0) is 44.4 Å². The Morgan fingerprint density at radius 1 is 1.25 bits per heavy atom. The van der Waals surface area contributed by atoms with Gasteiger partial charge < -0.3 is 10.2 Å². The van der Waals surface area contributed by atoms with E-state index in [4.69, 9.17) is 0 Å². The highest BCUT2D eigenvalue weighted by Gasteiger charge is 2.35. The fourth-order valence-electron chi connectivity index (χ4n) is 4.38. The maximum Gasteiger partial charge on any atom is 0.232 e. The number of rotatable bonds is 2. The third kappa shape index (κ3) is 2.81. The molecule has 1 aromatic carbocycles. The van der Waals surface area contributed by atoms with Crippen LogP contribution in [0.15, 0.2) is 18.2 Å². The van der Waals surface area contributed by atoms with Crippen LogP contribution in [0.2, 0.25) is 0 Å². The average molecular weight is 327 g/mol. The van der Waals surface area contributed by atoms with Crippen molar-refractivity contribution in [2.75, 3.05) is 31.5 Å². The van der Waals surface area contributed by atoms with Crippen LogP contribution in [0.1, 0.15) is 42.7 Å². The summed E-state index contributed by atoms with van der Waals surface area (Å²) in [6.45, 7) is 5.94. The van der Waals surface area contributed by atoms with Gasteiger partial charge in [0, 0.05) is 37.8 Å². The van der Waals surface area contributed by atoms with Gasteiger partial charge in [-0.3, -0.25) is 14.5 Å². The molecule has 5 nitrogen and oxygen atoms in total. The van der Waals surface area contributed by atoms with E-state index in [1.807, 2.05) is 30.0 Å². The Balaban J connectivity index is 1.48. The topological polar surface area (TPSA) is 52.7 Å². The lowest BCUT2D eigenvalue weighted by molar-refractivity contribution is -0.133. The van der Waals surface area contributed by atoms with Crippen molar-refractivity contribution in [2.45, 2.75) is 44.6 Å². The number of fused-ring (bicyclic) bond motifs is 2. The van der Waals surface area contributed by atoms with Gasteiger partial charge in [-0.15, -0.1) is 0 Å². The number of benzene rings is 1. The van der Waals surface area contributed by atoms with Crippen LogP contribution in [0, 0.1) is 6.92 Å². The van der Waals surface area contributed by atoms with Gasteiger partial charge in [0.1, 0.15) is 0 Å². The van der Waals surface area contributed by atoms with Crippen molar-refractivity contribution >= 4 is 17.5 Å². The first-order valence-corrected chi connectivity index (χ1v) is 9.05. The third-order valence-corrected chi connectivity index (χ3v) is 5.69. The minimum atomic E-state index is -0.338. The van der Waals surface area contributed by atoms with Gasteiger partial charge >= 0.3 is 0 Å². The SMILES string of the molecule is Cc1ccc2c(c1)C(CC(=O)N1CCCN3CCCC3C1)C(=O)N2. The van der Waals surface area contributed by atoms with E-state index in [1.165, 1.54) is 19.4 Å².